The van der Waals surface area contributed by atoms with Crippen LogP contribution in [0.1, 0.15) is 96.0 Å². The number of carbonyl (C=O) groups is 1. The largest absolute Gasteiger partial charge is 0.444 e. The summed E-state index contributed by atoms with van der Waals surface area (Å²) in [5, 5.41) is 3.71. The Morgan fingerprint density at radius 3 is 2.58 bits per heavy atom. The second-order valence-electron chi connectivity index (χ2n) is 13.1. The number of ether oxygens (including phenoxy) is 1. The Hall–Kier alpha value is -2.83. The second-order valence-corrected chi connectivity index (χ2v) is 13.1. The fourth-order valence-corrected chi connectivity index (χ4v) is 6.75. The molecule has 1 spiro atoms. The fourth-order valence-electron chi connectivity index (χ4n) is 6.75. The maximum absolute atomic E-state index is 13.1. The Labute approximate surface area is 228 Å². The summed E-state index contributed by atoms with van der Waals surface area (Å²) in [5.41, 5.74) is 6.02. The van der Waals surface area contributed by atoms with Crippen molar-refractivity contribution in [1.82, 2.24) is 14.9 Å². The van der Waals surface area contributed by atoms with Crippen LogP contribution < -0.4 is 10.2 Å². The number of rotatable bonds is 5. The van der Waals surface area contributed by atoms with Gasteiger partial charge in [-0.25, -0.2) is 14.8 Å². The van der Waals surface area contributed by atoms with Gasteiger partial charge in [-0.3, -0.25) is 0 Å². The number of amides is 1. The van der Waals surface area contributed by atoms with Crippen LogP contribution in [-0.2, 0) is 23.1 Å². The van der Waals surface area contributed by atoms with Crippen LogP contribution in [0.4, 0.5) is 16.3 Å². The van der Waals surface area contributed by atoms with Gasteiger partial charge in [0.25, 0.3) is 0 Å². The maximum atomic E-state index is 13.1. The molecular formula is C31H45N5O2. The summed E-state index contributed by atoms with van der Waals surface area (Å²) in [6, 6.07) is 6.54. The first kappa shape index (κ1) is 26.8. The lowest BCUT2D eigenvalue weighted by molar-refractivity contribution is 0.0171. The van der Waals surface area contributed by atoms with Crippen molar-refractivity contribution in [2.75, 3.05) is 29.9 Å². The van der Waals surface area contributed by atoms with Gasteiger partial charge in [0.05, 0.1) is 0 Å². The van der Waals surface area contributed by atoms with E-state index < -0.39 is 5.60 Å². The quantitative estimate of drug-likeness (QED) is 0.502. The highest BCUT2D eigenvalue weighted by molar-refractivity contribution is 5.70. The number of aryl methyl sites for hydroxylation is 1. The first-order chi connectivity index (χ1) is 18.0. The van der Waals surface area contributed by atoms with E-state index in [2.05, 4.69) is 61.1 Å². The van der Waals surface area contributed by atoms with Crippen molar-refractivity contribution in [2.45, 2.75) is 104 Å². The molecule has 7 nitrogen and oxygen atoms in total. The molecule has 206 valence electrons. The zero-order valence-electron chi connectivity index (χ0n) is 24.3. The van der Waals surface area contributed by atoms with Crippen molar-refractivity contribution in [3.8, 4) is 0 Å². The number of fused-ring (bicyclic) bond motifs is 3. The molecule has 38 heavy (non-hydrogen) atoms. The molecule has 0 bridgehead atoms. The highest BCUT2D eigenvalue weighted by Gasteiger charge is 2.44. The molecule has 0 radical (unpaired) electrons. The minimum Gasteiger partial charge on any atom is -0.444 e. The lowest BCUT2D eigenvalue weighted by Crippen LogP contribution is -2.45. The summed E-state index contributed by atoms with van der Waals surface area (Å²) < 4.78 is 5.77. The third-order valence-corrected chi connectivity index (χ3v) is 8.72. The van der Waals surface area contributed by atoms with Crippen molar-refractivity contribution in [1.29, 1.82) is 0 Å². The van der Waals surface area contributed by atoms with Crippen LogP contribution in [0.3, 0.4) is 0 Å². The standard InChI is InChI=1S/C31H45N5O2/c1-20(2)23-11-12-24-26(23)28(34-19-33-24)35-15-13-31(14-16-35)18-32-25-10-8-9-22(27(25)31)17-36(21(3)4)29(37)38-30(5,6)7/h8-10,19-21,23,32H,11-18H2,1-7H3. The van der Waals surface area contributed by atoms with Gasteiger partial charge in [0.1, 0.15) is 17.7 Å². The molecule has 7 heteroatoms. The molecular weight excluding hydrogens is 474 g/mol. The zero-order chi connectivity index (χ0) is 27.2. The van der Waals surface area contributed by atoms with Crippen molar-refractivity contribution in [3.63, 3.8) is 0 Å². The van der Waals surface area contributed by atoms with Crippen molar-refractivity contribution in [2.24, 2.45) is 5.92 Å². The lowest BCUT2D eigenvalue weighted by Gasteiger charge is -2.42. The van der Waals surface area contributed by atoms with E-state index in [-0.39, 0.29) is 17.6 Å². The van der Waals surface area contributed by atoms with E-state index in [1.807, 2.05) is 25.7 Å². The summed E-state index contributed by atoms with van der Waals surface area (Å²) >= 11 is 0. The SMILES string of the molecule is CC(C)C1CCc2ncnc(N3CCC4(CC3)CNc3cccc(CN(C(=O)OC(C)(C)C)C(C)C)c34)c21. The Morgan fingerprint density at radius 1 is 1.18 bits per heavy atom. The monoisotopic (exact) mass is 519 g/mol. The average Bonchev–Trinajstić information content (AvgIpc) is 3.44. The normalized spacial score (nSPS) is 20.0. The van der Waals surface area contributed by atoms with Crippen LogP contribution in [0.15, 0.2) is 24.5 Å². The minimum absolute atomic E-state index is 0.0432. The highest BCUT2D eigenvalue weighted by Crippen LogP contribution is 2.48. The fraction of sp³-hybridized carbons (Fsp3) is 0.645. The molecule has 5 rings (SSSR count). The molecule has 1 aromatic carbocycles. The number of piperidine rings is 1. The first-order valence-corrected chi connectivity index (χ1v) is 14.4. The van der Waals surface area contributed by atoms with E-state index in [0.29, 0.717) is 18.4 Å². The van der Waals surface area contributed by atoms with Crippen LogP contribution in [0, 0.1) is 5.92 Å². The van der Waals surface area contributed by atoms with Crippen LogP contribution >= 0.6 is 0 Å². The van der Waals surface area contributed by atoms with Gasteiger partial charge < -0.3 is 19.9 Å². The highest BCUT2D eigenvalue weighted by atomic mass is 16.6. The third-order valence-electron chi connectivity index (χ3n) is 8.72. The van der Waals surface area contributed by atoms with E-state index in [0.717, 1.165) is 44.7 Å². The van der Waals surface area contributed by atoms with Gasteiger partial charge in [-0.2, -0.15) is 0 Å². The number of hydrogen-bond donors (Lipinski definition) is 1. The molecule has 1 aromatic heterocycles. The Balaban J connectivity index is 1.39. The molecule has 1 amide bonds. The molecule has 1 saturated heterocycles. The van der Waals surface area contributed by atoms with Crippen LogP contribution in [0.2, 0.25) is 0 Å². The molecule has 3 aliphatic rings. The molecule has 0 saturated carbocycles. The van der Waals surface area contributed by atoms with Crippen LogP contribution in [-0.4, -0.2) is 52.2 Å². The molecule has 1 fully saturated rings. The van der Waals surface area contributed by atoms with Gasteiger partial charge in [-0.15, -0.1) is 0 Å². The van der Waals surface area contributed by atoms with Gasteiger partial charge in [0.15, 0.2) is 0 Å². The summed E-state index contributed by atoms with van der Waals surface area (Å²) in [6.07, 6.45) is 5.88. The number of nitrogens with zero attached hydrogens (tertiary/aromatic N) is 4. The summed E-state index contributed by atoms with van der Waals surface area (Å²) in [5.74, 6) is 2.31. The number of aromatic nitrogens is 2. The number of hydrogen-bond acceptors (Lipinski definition) is 6. The van der Waals surface area contributed by atoms with Crippen molar-refractivity contribution < 1.29 is 9.53 Å². The van der Waals surface area contributed by atoms with Gasteiger partial charge >= 0.3 is 6.09 Å². The predicted octanol–water partition coefficient (Wildman–Crippen LogP) is 6.27. The van der Waals surface area contributed by atoms with Gasteiger partial charge in [-0.1, -0.05) is 26.0 Å². The summed E-state index contributed by atoms with van der Waals surface area (Å²) in [7, 11) is 0. The summed E-state index contributed by atoms with van der Waals surface area (Å²) in [4.78, 5) is 27.0. The molecule has 3 heterocycles. The zero-order valence-corrected chi connectivity index (χ0v) is 24.3. The van der Waals surface area contributed by atoms with Crippen LogP contribution in [0.5, 0.6) is 0 Å². The number of nitrogens with one attached hydrogen (secondary N) is 1. The van der Waals surface area contributed by atoms with E-state index >= 15 is 0 Å². The topological polar surface area (TPSA) is 70.6 Å². The van der Waals surface area contributed by atoms with Crippen molar-refractivity contribution in [3.05, 3.63) is 46.9 Å². The minimum atomic E-state index is -0.520. The maximum Gasteiger partial charge on any atom is 0.410 e. The van der Waals surface area contributed by atoms with Crippen LogP contribution in [0.25, 0.3) is 0 Å². The number of anilines is 2. The molecule has 1 N–H and O–H groups in total. The Bertz CT molecular complexity index is 1180. The number of carbonyl (C=O) groups excluding carboxylic acids is 1. The summed E-state index contributed by atoms with van der Waals surface area (Å²) in [6.45, 7) is 18.0. The van der Waals surface area contributed by atoms with E-state index in [1.165, 1.54) is 34.5 Å². The molecule has 1 aliphatic carbocycles. The van der Waals surface area contributed by atoms with E-state index in [4.69, 9.17) is 9.72 Å². The van der Waals surface area contributed by atoms with Crippen molar-refractivity contribution >= 4 is 17.6 Å². The molecule has 1 atom stereocenters. The van der Waals surface area contributed by atoms with E-state index in [9.17, 15) is 4.79 Å². The molecule has 2 aliphatic heterocycles. The Kier molecular flexibility index (Phi) is 7.08. The number of benzene rings is 1. The molecule has 2 aromatic rings. The predicted molar refractivity (Wildman–Crippen MR) is 153 cm³/mol. The second kappa shape index (κ2) is 10.0. The first-order valence-electron chi connectivity index (χ1n) is 14.4. The van der Waals surface area contributed by atoms with Gasteiger partial charge in [-0.05, 0) is 89.3 Å². The van der Waals surface area contributed by atoms with Gasteiger partial charge in [0, 0.05) is 54.6 Å². The Morgan fingerprint density at radius 2 is 1.92 bits per heavy atom. The van der Waals surface area contributed by atoms with E-state index in [1.54, 1.807) is 6.33 Å². The lowest BCUT2D eigenvalue weighted by atomic mass is 9.72. The van der Waals surface area contributed by atoms with Gasteiger partial charge in [0.2, 0.25) is 0 Å². The third kappa shape index (κ3) is 4.96. The average molecular weight is 520 g/mol. The molecule has 1 unspecified atom stereocenters. The smallest absolute Gasteiger partial charge is 0.410 e.